The third-order valence-electron chi connectivity index (χ3n) is 9.40. The van der Waals surface area contributed by atoms with Gasteiger partial charge in [-0.1, -0.05) is 31.5 Å². The minimum absolute atomic E-state index is 0.0312. The number of rotatable bonds is 2. The largest absolute Gasteiger partial charge is 0.487 e. The van der Waals surface area contributed by atoms with E-state index in [1.807, 2.05) is 26.8 Å². The maximum Gasteiger partial charge on any atom is 0.251 e. The Morgan fingerprint density at radius 2 is 1.93 bits per heavy atom. The summed E-state index contributed by atoms with van der Waals surface area (Å²) in [5.74, 6) is -0.720. The van der Waals surface area contributed by atoms with Crippen molar-refractivity contribution in [1.82, 2.24) is 10.2 Å². The van der Waals surface area contributed by atoms with Gasteiger partial charge in [-0.2, -0.15) is 0 Å². The Balaban J connectivity index is 1.45. The number of benzene rings is 2. The van der Waals surface area contributed by atoms with Gasteiger partial charge in [-0.3, -0.25) is 14.5 Å². The van der Waals surface area contributed by atoms with E-state index < -0.39 is 29.5 Å². The Hall–Kier alpha value is -3.49. The zero-order valence-electron chi connectivity index (χ0n) is 23.9. The van der Waals surface area contributed by atoms with E-state index in [9.17, 15) is 18.4 Å². The van der Waals surface area contributed by atoms with Gasteiger partial charge in [0.2, 0.25) is 12.3 Å². The van der Waals surface area contributed by atoms with Crippen LogP contribution in [0, 0.1) is 0 Å². The standard InChI is InChI=1S/C32H38F2N4O3/c1-4-32-12-6-5-7-18-8-11-26-23(13-18)24(16-31(2,3)41-26)36-29(40)19-9-10-20-21(14-19)25(15-22(20)28(33)34)38(27(39)17-32)30(35)37-32/h8-11,13-14,22,24-25,28H,4-7,12,15-17H2,1-3H3,(H2,35,37)(H,36,40)/t22-,24-,25+,32+/m0/s1. The number of fused-ring (bicyclic) bond motifs is 5. The fraction of sp³-hybridized carbons (Fsp3) is 0.531. The Morgan fingerprint density at radius 3 is 2.66 bits per heavy atom. The van der Waals surface area contributed by atoms with E-state index >= 15 is 0 Å². The summed E-state index contributed by atoms with van der Waals surface area (Å²) in [5.41, 5.74) is 8.84. The fourth-order valence-corrected chi connectivity index (χ4v) is 7.22. The Labute approximate surface area is 239 Å². The molecule has 41 heavy (non-hydrogen) atoms. The van der Waals surface area contributed by atoms with Crippen LogP contribution in [0.1, 0.15) is 116 Å². The van der Waals surface area contributed by atoms with Crippen LogP contribution in [0.25, 0.3) is 0 Å². The molecule has 0 unspecified atom stereocenters. The summed E-state index contributed by atoms with van der Waals surface area (Å²) in [4.78, 5) is 33.6. The van der Waals surface area contributed by atoms with Gasteiger partial charge in [0, 0.05) is 23.5 Å². The van der Waals surface area contributed by atoms with E-state index in [0.717, 1.165) is 42.6 Å². The number of hydrogen-bond donors (Lipinski definition) is 2. The van der Waals surface area contributed by atoms with Gasteiger partial charge in [0.25, 0.3) is 5.91 Å². The molecule has 6 bridgehead atoms. The molecule has 218 valence electrons. The van der Waals surface area contributed by atoms with Crippen molar-refractivity contribution in [2.75, 3.05) is 0 Å². The number of alkyl halides is 2. The summed E-state index contributed by atoms with van der Waals surface area (Å²) in [6.45, 7) is 6.02. The van der Waals surface area contributed by atoms with Crippen LogP contribution in [0.3, 0.4) is 0 Å². The highest BCUT2D eigenvalue weighted by atomic mass is 19.3. The number of amides is 2. The molecule has 1 aliphatic carbocycles. The van der Waals surface area contributed by atoms with Crippen molar-refractivity contribution in [3.8, 4) is 5.75 Å². The minimum atomic E-state index is -2.61. The molecule has 5 aliphatic rings. The lowest BCUT2D eigenvalue weighted by atomic mass is 9.84. The number of aliphatic imine (C=N–C) groups is 1. The highest BCUT2D eigenvalue weighted by molar-refractivity contribution is 6.00. The molecule has 0 aromatic heterocycles. The molecule has 2 amide bonds. The highest BCUT2D eigenvalue weighted by Crippen LogP contribution is 2.48. The first-order valence-corrected chi connectivity index (χ1v) is 14.7. The lowest BCUT2D eigenvalue weighted by Crippen LogP contribution is -2.52. The molecule has 0 fully saturated rings. The Bertz CT molecular complexity index is 1420. The number of aryl methyl sites for hydroxylation is 1. The van der Waals surface area contributed by atoms with Gasteiger partial charge in [-0.05, 0) is 80.8 Å². The zero-order chi connectivity index (χ0) is 29.1. The number of carbonyl (C=O) groups excluding carboxylic acids is 2. The van der Waals surface area contributed by atoms with E-state index in [4.69, 9.17) is 15.5 Å². The Kier molecular flexibility index (Phi) is 6.82. The molecule has 4 aliphatic heterocycles. The summed E-state index contributed by atoms with van der Waals surface area (Å²) in [6, 6.07) is 10.1. The molecule has 4 atom stereocenters. The molecule has 9 heteroatoms. The average molecular weight is 565 g/mol. The zero-order valence-corrected chi connectivity index (χ0v) is 23.9. The van der Waals surface area contributed by atoms with Crippen LogP contribution < -0.4 is 15.8 Å². The maximum absolute atomic E-state index is 14.2. The van der Waals surface area contributed by atoms with Crippen molar-refractivity contribution in [3.05, 3.63) is 64.2 Å². The average Bonchev–Trinajstić information content (AvgIpc) is 3.29. The number of ether oxygens (including phenoxy) is 1. The minimum Gasteiger partial charge on any atom is -0.487 e. The first-order valence-electron chi connectivity index (χ1n) is 14.7. The molecule has 2 aromatic carbocycles. The summed E-state index contributed by atoms with van der Waals surface area (Å²) in [5, 5.41) is 3.19. The topological polar surface area (TPSA) is 97.0 Å². The van der Waals surface area contributed by atoms with Crippen molar-refractivity contribution in [3.63, 3.8) is 0 Å². The predicted octanol–water partition coefficient (Wildman–Crippen LogP) is 5.93. The summed E-state index contributed by atoms with van der Waals surface area (Å²) in [7, 11) is 0. The normalized spacial score (nSPS) is 29.0. The first-order chi connectivity index (χ1) is 19.5. The molecule has 0 saturated heterocycles. The van der Waals surface area contributed by atoms with Crippen LogP contribution in [0.4, 0.5) is 8.78 Å². The molecule has 2 aromatic rings. The SMILES string of the molecule is CC[C@@]12CCCCc3ccc4c(c3)[C@H](CC(C)(C)O4)NC(=O)c3ccc4c(c3)[C@@H](C[C@@H]4C(F)F)N(C(=O)C1)C(N)=N2. The van der Waals surface area contributed by atoms with Gasteiger partial charge in [0.05, 0.1) is 24.0 Å². The van der Waals surface area contributed by atoms with Gasteiger partial charge >= 0.3 is 0 Å². The highest BCUT2D eigenvalue weighted by Gasteiger charge is 2.46. The van der Waals surface area contributed by atoms with Gasteiger partial charge in [-0.25, -0.2) is 13.8 Å². The van der Waals surface area contributed by atoms with Gasteiger partial charge in [0.1, 0.15) is 11.4 Å². The van der Waals surface area contributed by atoms with Gasteiger partial charge in [-0.15, -0.1) is 0 Å². The number of guanidine groups is 1. The van der Waals surface area contributed by atoms with Crippen molar-refractivity contribution in [2.24, 2.45) is 10.7 Å². The van der Waals surface area contributed by atoms with E-state index in [0.29, 0.717) is 29.5 Å². The third-order valence-corrected chi connectivity index (χ3v) is 9.40. The molecule has 7 nitrogen and oxygen atoms in total. The molecule has 0 spiro atoms. The second-order valence-corrected chi connectivity index (χ2v) is 12.7. The van der Waals surface area contributed by atoms with E-state index in [1.165, 1.54) is 4.90 Å². The number of nitrogens with one attached hydrogen (secondary N) is 1. The van der Waals surface area contributed by atoms with E-state index in [2.05, 4.69) is 17.4 Å². The van der Waals surface area contributed by atoms with Crippen LogP contribution in [0.5, 0.6) is 5.75 Å². The van der Waals surface area contributed by atoms with Crippen molar-refractivity contribution in [1.29, 1.82) is 0 Å². The van der Waals surface area contributed by atoms with Crippen LogP contribution in [-0.2, 0) is 11.2 Å². The molecule has 3 N–H and O–H groups in total. The quantitative estimate of drug-likeness (QED) is 0.472. The molecule has 7 rings (SSSR count). The summed E-state index contributed by atoms with van der Waals surface area (Å²) < 4.78 is 34.7. The van der Waals surface area contributed by atoms with Crippen molar-refractivity contribution in [2.45, 2.75) is 108 Å². The molecular weight excluding hydrogens is 526 g/mol. The van der Waals surface area contributed by atoms with E-state index in [1.54, 1.807) is 18.2 Å². The second kappa shape index (κ2) is 10.1. The number of hydrogen-bond acceptors (Lipinski definition) is 5. The summed E-state index contributed by atoms with van der Waals surface area (Å²) in [6.07, 6.45) is 2.19. The van der Waals surface area contributed by atoms with Crippen molar-refractivity contribution >= 4 is 17.8 Å². The van der Waals surface area contributed by atoms with E-state index in [-0.39, 0.29) is 36.7 Å². The van der Waals surface area contributed by atoms with Gasteiger partial charge in [0.15, 0.2) is 5.96 Å². The predicted molar refractivity (Wildman–Crippen MR) is 152 cm³/mol. The Morgan fingerprint density at radius 1 is 1.12 bits per heavy atom. The molecule has 0 saturated carbocycles. The van der Waals surface area contributed by atoms with Crippen LogP contribution >= 0.6 is 0 Å². The van der Waals surface area contributed by atoms with Crippen LogP contribution in [0.2, 0.25) is 0 Å². The number of nitrogens with zero attached hydrogens (tertiary/aromatic N) is 2. The fourth-order valence-electron chi connectivity index (χ4n) is 7.22. The molecule has 0 radical (unpaired) electrons. The lowest BCUT2D eigenvalue weighted by molar-refractivity contribution is -0.131. The molecular formula is C32H38F2N4O3. The summed E-state index contributed by atoms with van der Waals surface area (Å²) >= 11 is 0. The number of halogens is 2. The number of nitrogens with two attached hydrogens (primary N) is 1. The van der Waals surface area contributed by atoms with Crippen molar-refractivity contribution < 1.29 is 23.1 Å². The second-order valence-electron chi connectivity index (χ2n) is 12.7. The maximum atomic E-state index is 14.2. The monoisotopic (exact) mass is 564 g/mol. The first kappa shape index (κ1) is 27.7. The van der Waals surface area contributed by atoms with Gasteiger partial charge < -0.3 is 15.8 Å². The molecule has 4 heterocycles. The van der Waals surface area contributed by atoms with Crippen LogP contribution in [-0.4, -0.2) is 40.2 Å². The lowest BCUT2D eigenvalue weighted by Gasteiger charge is -2.40. The number of carbonyl (C=O) groups is 2. The third kappa shape index (κ3) is 4.97. The smallest absolute Gasteiger partial charge is 0.251 e. The van der Waals surface area contributed by atoms with Crippen LogP contribution in [0.15, 0.2) is 41.4 Å².